The molecule has 0 aromatic heterocycles. The van der Waals surface area contributed by atoms with Crippen LogP contribution in [0.5, 0.6) is 0 Å². The number of non-ortho nitro benzene ring substituents is 1. The first-order chi connectivity index (χ1) is 10.3. The Kier molecular flexibility index (Phi) is 4.55. The van der Waals surface area contributed by atoms with E-state index in [1.165, 1.54) is 48.7 Å². The molecule has 114 valence electrons. The van der Waals surface area contributed by atoms with Gasteiger partial charge in [-0.25, -0.2) is 13.6 Å². The van der Waals surface area contributed by atoms with Crippen molar-refractivity contribution in [3.05, 3.63) is 63.2 Å². The molecule has 0 bridgehead atoms. The predicted octanol–water partition coefficient (Wildman–Crippen LogP) is 2.65. The van der Waals surface area contributed by atoms with Crippen molar-refractivity contribution in [2.45, 2.75) is 4.90 Å². The van der Waals surface area contributed by atoms with E-state index in [2.05, 4.69) is 4.99 Å². The quantitative estimate of drug-likeness (QED) is 0.523. The lowest BCUT2D eigenvalue weighted by molar-refractivity contribution is -0.384. The van der Waals surface area contributed by atoms with Gasteiger partial charge < -0.3 is 0 Å². The van der Waals surface area contributed by atoms with Gasteiger partial charge in [-0.2, -0.15) is 0 Å². The number of aliphatic imine (C=N–C) groups is 1. The van der Waals surface area contributed by atoms with Crippen LogP contribution in [-0.4, -0.2) is 19.6 Å². The molecule has 22 heavy (non-hydrogen) atoms. The molecule has 7 nitrogen and oxygen atoms in total. The summed E-state index contributed by atoms with van der Waals surface area (Å²) < 4.78 is 22.3. The Bertz CT molecular complexity index is 848. The maximum atomic E-state index is 11.1. The first-order valence-electron chi connectivity index (χ1n) is 5.88. The molecule has 0 aliphatic carbocycles. The van der Waals surface area contributed by atoms with Gasteiger partial charge in [-0.1, -0.05) is 11.6 Å². The smallest absolute Gasteiger partial charge is 0.258 e. The number of primary sulfonamides is 1. The first-order valence-corrected chi connectivity index (χ1v) is 7.81. The number of halogens is 1. The minimum atomic E-state index is -3.76. The minimum absolute atomic E-state index is 0.0279. The fraction of sp³-hybridized carbons (Fsp3) is 0. The van der Waals surface area contributed by atoms with Crippen LogP contribution in [0, 0.1) is 10.1 Å². The normalized spacial score (nSPS) is 11.7. The summed E-state index contributed by atoms with van der Waals surface area (Å²) in [5, 5.41) is 16.0. The van der Waals surface area contributed by atoms with Crippen molar-refractivity contribution in [3.8, 4) is 0 Å². The second kappa shape index (κ2) is 6.22. The highest BCUT2D eigenvalue weighted by Gasteiger charge is 2.09. The Labute approximate surface area is 131 Å². The lowest BCUT2D eigenvalue weighted by atomic mass is 10.2. The maximum absolute atomic E-state index is 11.1. The fourth-order valence-electron chi connectivity index (χ4n) is 1.61. The molecule has 2 rings (SSSR count). The van der Waals surface area contributed by atoms with Crippen molar-refractivity contribution in [2.75, 3.05) is 0 Å². The molecule has 0 fully saturated rings. The van der Waals surface area contributed by atoms with Crippen LogP contribution in [0.15, 0.2) is 52.4 Å². The van der Waals surface area contributed by atoms with Crippen LogP contribution in [0.25, 0.3) is 0 Å². The Morgan fingerprint density at radius 3 is 2.36 bits per heavy atom. The summed E-state index contributed by atoms with van der Waals surface area (Å²) >= 11 is 5.94. The second-order valence-electron chi connectivity index (χ2n) is 4.26. The molecule has 0 heterocycles. The molecule has 0 unspecified atom stereocenters. The van der Waals surface area contributed by atoms with E-state index < -0.39 is 14.9 Å². The van der Waals surface area contributed by atoms with Crippen LogP contribution in [0.3, 0.4) is 0 Å². The predicted molar refractivity (Wildman–Crippen MR) is 83.2 cm³/mol. The highest BCUT2D eigenvalue weighted by Crippen LogP contribution is 2.22. The van der Waals surface area contributed by atoms with Crippen molar-refractivity contribution in [2.24, 2.45) is 10.1 Å². The number of hydrogen-bond donors (Lipinski definition) is 1. The van der Waals surface area contributed by atoms with Gasteiger partial charge in [0.25, 0.3) is 5.69 Å². The van der Waals surface area contributed by atoms with Crippen molar-refractivity contribution in [1.82, 2.24) is 0 Å². The highest BCUT2D eigenvalue weighted by molar-refractivity contribution is 7.89. The van der Waals surface area contributed by atoms with E-state index in [0.717, 1.165) is 0 Å². The molecule has 0 aliphatic heterocycles. The summed E-state index contributed by atoms with van der Waals surface area (Å²) in [5.41, 5.74) is 0.733. The third-order valence-electron chi connectivity index (χ3n) is 2.71. The van der Waals surface area contributed by atoms with Crippen LogP contribution in [-0.2, 0) is 10.0 Å². The first kappa shape index (κ1) is 16.1. The summed E-state index contributed by atoms with van der Waals surface area (Å²) in [6, 6.07) is 9.55. The van der Waals surface area contributed by atoms with E-state index in [0.29, 0.717) is 16.3 Å². The molecule has 0 radical (unpaired) electrons. The zero-order chi connectivity index (χ0) is 16.3. The number of nitro benzene ring substituents is 1. The van der Waals surface area contributed by atoms with Gasteiger partial charge in [0.1, 0.15) is 0 Å². The molecule has 2 N–H and O–H groups in total. The number of nitro groups is 1. The molecule has 0 aliphatic rings. The molecule has 2 aromatic rings. The van der Waals surface area contributed by atoms with Gasteiger partial charge in [0.05, 0.1) is 15.5 Å². The van der Waals surface area contributed by atoms with Gasteiger partial charge in [-0.3, -0.25) is 15.1 Å². The Hall–Kier alpha value is -2.29. The molecule has 9 heteroatoms. The number of sulfonamides is 1. The summed E-state index contributed by atoms with van der Waals surface area (Å²) in [7, 11) is -3.76. The van der Waals surface area contributed by atoms with Crippen LogP contribution in [0.1, 0.15) is 5.56 Å². The average molecular weight is 340 g/mol. The van der Waals surface area contributed by atoms with Crippen molar-refractivity contribution in [1.29, 1.82) is 0 Å². The third-order valence-corrected chi connectivity index (χ3v) is 3.98. The number of rotatable bonds is 4. The van der Waals surface area contributed by atoms with Crippen LogP contribution in [0.4, 0.5) is 11.4 Å². The van der Waals surface area contributed by atoms with E-state index in [1.807, 2.05) is 0 Å². The van der Waals surface area contributed by atoms with Crippen LogP contribution >= 0.6 is 11.6 Å². The largest absolute Gasteiger partial charge is 0.270 e. The molecule has 0 amide bonds. The fourth-order valence-corrected chi connectivity index (χ4v) is 2.29. The van der Waals surface area contributed by atoms with Gasteiger partial charge >= 0.3 is 0 Å². The van der Waals surface area contributed by atoms with E-state index >= 15 is 0 Å². The maximum Gasteiger partial charge on any atom is 0.270 e. The lowest BCUT2D eigenvalue weighted by Gasteiger charge is -2.00. The number of hydrogen-bond acceptors (Lipinski definition) is 5. The van der Waals surface area contributed by atoms with Crippen molar-refractivity contribution < 1.29 is 13.3 Å². The van der Waals surface area contributed by atoms with Crippen molar-refractivity contribution >= 4 is 39.2 Å². The zero-order valence-electron chi connectivity index (χ0n) is 11.0. The Morgan fingerprint density at radius 1 is 1.18 bits per heavy atom. The second-order valence-corrected chi connectivity index (χ2v) is 6.23. The monoisotopic (exact) mass is 339 g/mol. The van der Waals surface area contributed by atoms with Crippen LogP contribution < -0.4 is 5.14 Å². The average Bonchev–Trinajstić information content (AvgIpc) is 2.45. The molecule has 0 atom stereocenters. The molecule has 0 spiro atoms. The van der Waals surface area contributed by atoms with E-state index in [9.17, 15) is 18.5 Å². The number of nitrogens with zero attached hydrogens (tertiary/aromatic N) is 2. The molecular formula is C13H10ClN3O4S. The van der Waals surface area contributed by atoms with Gasteiger partial charge in [0.15, 0.2) is 0 Å². The number of nitrogens with two attached hydrogens (primary N) is 1. The summed E-state index contributed by atoms with van der Waals surface area (Å²) in [6.07, 6.45) is 1.36. The Balaban J connectivity index is 2.29. The van der Waals surface area contributed by atoms with Crippen molar-refractivity contribution in [3.63, 3.8) is 0 Å². The van der Waals surface area contributed by atoms with Gasteiger partial charge in [0, 0.05) is 28.9 Å². The van der Waals surface area contributed by atoms with Gasteiger partial charge in [0.2, 0.25) is 10.0 Å². The zero-order valence-corrected chi connectivity index (χ0v) is 12.6. The molecule has 0 saturated heterocycles. The number of benzene rings is 2. The molecule has 2 aromatic carbocycles. The summed E-state index contributed by atoms with van der Waals surface area (Å²) in [6.45, 7) is 0. The van der Waals surface area contributed by atoms with Gasteiger partial charge in [-0.05, 0) is 30.3 Å². The van der Waals surface area contributed by atoms with E-state index in [4.69, 9.17) is 16.7 Å². The molecule has 0 saturated carbocycles. The topological polar surface area (TPSA) is 116 Å². The highest BCUT2D eigenvalue weighted by atomic mass is 35.5. The van der Waals surface area contributed by atoms with Gasteiger partial charge in [-0.15, -0.1) is 0 Å². The van der Waals surface area contributed by atoms with Crippen LogP contribution in [0.2, 0.25) is 5.02 Å². The summed E-state index contributed by atoms with van der Waals surface area (Å²) in [5.74, 6) is 0. The summed E-state index contributed by atoms with van der Waals surface area (Å²) in [4.78, 5) is 14.3. The standard InChI is InChI=1S/C13H10ClN3O4S/c14-13-6-3-11(17(18)19)7-9(13)8-16-10-1-4-12(5-2-10)22(15,20)21/h1-8H,(H2,15,20,21). The SMILES string of the molecule is NS(=O)(=O)c1ccc(N=Cc2cc([N+](=O)[O-])ccc2Cl)cc1. The third kappa shape index (κ3) is 3.88. The lowest BCUT2D eigenvalue weighted by Crippen LogP contribution is -2.11. The Morgan fingerprint density at radius 2 is 1.82 bits per heavy atom. The van der Waals surface area contributed by atoms with E-state index in [1.54, 1.807) is 0 Å². The van der Waals surface area contributed by atoms with E-state index in [-0.39, 0.29) is 10.6 Å². The minimum Gasteiger partial charge on any atom is -0.258 e. The molecular weight excluding hydrogens is 330 g/mol.